The van der Waals surface area contributed by atoms with Crippen molar-refractivity contribution in [2.45, 2.75) is 24.4 Å². The lowest BCUT2D eigenvalue weighted by Crippen LogP contribution is -2.25. The molecular formula is C19H21N5O4S. The number of ether oxygens (including phenoxy) is 1. The van der Waals surface area contributed by atoms with Gasteiger partial charge in [-0.3, -0.25) is 9.48 Å². The Kier molecular flexibility index (Phi) is 5.31. The number of carbonyl (C=O) groups excluding carboxylic acids is 1. The first kappa shape index (κ1) is 19.5. The monoisotopic (exact) mass is 415 g/mol. The van der Waals surface area contributed by atoms with E-state index in [0.717, 1.165) is 23.7 Å². The zero-order valence-corrected chi connectivity index (χ0v) is 16.4. The molecule has 1 amide bonds. The molecular weight excluding hydrogens is 394 g/mol. The first-order chi connectivity index (χ1) is 13.9. The number of benzene rings is 1. The van der Waals surface area contributed by atoms with E-state index in [2.05, 4.69) is 15.4 Å². The topological polar surface area (TPSA) is 129 Å². The average molecular weight is 415 g/mol. The number of anilines is 1. The van der Waals surface area contributed by atoms with Gasteiger partial charge in [-0.05, 0) is 30.9 Å². The fourth-order valence-electron chi connectivity index (χ4n) is 3.46. The van der Waals surface area contributed by atoms with Crippen LogP contribution in [0, 0.1) is 5.92 Å². The Balaban J connectivity index is 1.67. The predicted octanol–water partition coefficient (Wildman–Crippen LogP) is 1.76. The number of hydrogen-bond acceptors (Lipinski definition) is 6. The standard InChI is InChI=1S/C19H21N5O4S/c20-29(26,27)17-11-14(5-8-21-17)22-19(25)18-15-3-1-2-4-16(15)23-24(18)12-13-6-9-28-10-7-13/h1-5,8,11,13H,6-7,9-10,12H2,(H2,20,26,27)(H,21,22,25). The van der Waals surface area contributed by atoms with Gasteiger partial charge in [-0.25, -0.2) is 18.5 Å². The molecule has 1 aromatic carbocycles. The van der Waals surface area contributed by atoms with Crippen molar-refractivity contribution in [3.05, 3.63) is 48.3 Å². The SMILES string of the molecule is NS(=O)(=O)c1cc(NC(=O)c2c3ccccc3nn2CC2CCOCC2)ccn1. The van der Waals surface area contributed by atoms with Crippen molar-refractivity contribution < 1.29 is 17.9 Å². The summed E-state index contributed by atoms with van der Waals surface area (Å²) in [6.07, 6.45) is 3.12. The molecule has 1 aliphatic heterocycles. The largest absolute Gasteiger partial charge is 0.381 e. The number of fused-ring (bicyclic) bond motifs is 1. The third-order valence-corrected chi connectivity index (χ3v) is 5.72. The second-order valence-corrected chi connectivity index (χ2v) is 8.49. The number of amides is 1. The maximum Gasteiger partial charge on any atom is 0.274 e. The first-order valence-electron chi connectivity index (χ1n) is 9.25. The van der Waals surface area contributed by atoms with Crippen LogP contribution in [-0.4, -0.2) is 42.3 Å². The third-order valence-electron chi connectivity index (χ3n) is 4.92. The number of hydrogen-bond donors (Lipinski definition) is 2. The molecule has 0 unspecified atom stereocenters. The lowest BCUT2D eigenvalue weighted by Gasteiger charge is -2.22. The number of nitrogens with one attached hydrogen (secondary N) is 1. The fraction of sp³-hybridized carbons (Fsp3) is 0.316. The number of nitrogens with two attached hydrogens (primary N) is 1. The summed E-state index contributed by atoms with van der Waals surface area (Å²) >= 11 is 0. The molecule has 0 bridgehead atoms. The molecule has 3 heterocycles. The molecule has 0 atom stereocenters. The third kappa shape index (κ3) is 4.29. The number of nitrogens with zero attached hydrogens (tertiary/aromatic N) is 3. The van der Waals surface area contributed by atoms with E-state index in [1.165, 1.54) is 18.3 Å². The minimum absolute atomic E-state index is 0.289. The summed E-state index contributed by atoms with van der Waals surface area (Å²) in [6.45, 7) is 2.03. The zero-order chi connectivity index (χ0) is 20.4. The van der Waals surface area contributed by atoms with Gasteiger partial charge in [-0.1, -0.05) is 18.2 Å². The van der Waals surface area contributed by atoms with E-state index in [0.29, 0.717) is 31.4 Å². The molecule has 0 saturated carbocycles. The summed E-state index contributed by atoms with van der Waals surface area (Å²) in [5.41, 5.74) is 1.45. The quantitative estimate of drug-likeness (QED) is 0.653. The Morgan fingerprint density at radius 2 is 2.00 bits per heavy atom. The van der Waals surface area contributed by atoms with Crippen molar-refractivity contribution in [1.82, 2.24) is 14.8 Å². The van der Waals surface area contributed by atoms with Crippen molar-refractivity contribution in [3.63, 3.8) is 0 Å². The van der Waals surface area contributed by atoms with E-state index in [-0.39, 0.29) is 16.6 Å². The van der Waals surface area contributed by atoms with Gasteiger partial charge in [0, 0.05) is 43.1 Å². The van der Waals surface area contributed by atoms with Crippen LogP contribution < -0.4 is 10.5 Å². The van der Waals surface area contributed by atoms with Crippen molar-refractivity contribution in [2.75, 3.05) is 18.5 Å². The highest BCUT2D eigenvalue weighted by Gasteiger charge is 2.22. The zero-order valence-electron chi connectivity index (χ0n) is 15.6. The molecule has 10 heteroatoms. The normalized spacial score (nSPS) is 15.5. The maximum atomic E-state index is 13.1. The minimum atomic E-state index is -3.97. The molecule has 0 radical (unpaired) electrons. The molecule has 9 nitrogen and oxygen atoms in total. The van der Waals surface area contributed by atoms with Crippen LogP contribution in [-0.2, 0) is 21.3 Å². The van der Waals surface area contributed by atoms with Crippen LogP contribution in [0.1, 0.15) is 23.3 Å². The molecule has 3 N–H and O–H groups in total. The van der Waals surface area contributed by atoms with Crippen LogP contribution in [0.5, 0.6) is 0 Å². The van der Waals surface area contributed by atoms with Crippen molar-refractivity contribution in [1.29, 1.82) is 0 Å². The van der Waals surface area contributed by atoms with Gasteiger partial charge in [0.2, 0.25) is 0 Å². The maximum absolute atomic E-state index is 13.1. The first-order valence-corrected chi connectivity index (χ1v) is 10.8. The highest BCUT2D eigenvalue weighted by atomic mass is 32.2. The Morgan fingerprint density at radius 1 is 1.24 bits per heavy atom. The van der Waals surface area contributed by atoms with E-state index < -0.39 is 10.0 Å². The predicted molar refractivity (Wildman–Crippen MR) is 107 cm³/mol. The number of primary sulfonamides is 1. The van der Waals surface area contributed by atoms with Crippen LogP contribution in [0.2, 0.25) is 0 Å². The number of pyridine rings is 1. The smallest absolute Gasteiger partial charge is 0.274 e. The second-order valence-electron chi connectivity index (χ2n) is 6.99. The minimum Gasteiger partial charge on any atom is -0.381 e. The van der Waals surface area contributed by atoms with Gasteiger partial charge in [-0.2, -0.15) is 5.10 Å². The molecule has 152 valence electrons. The van der Waals surface area contributed by atoms with Gasteiger partial charge < -0.3 is 10.1 Å². The Bertz CT molecular complexity index is 1150. The van der Waals surface area contributed by atoms with Gasteiger partial charge in [0.05, 0.1) is 5.52 Å². The second kappa shape index (κ2) is 7.90. The van der Waals surface area contributed by atoms with E-state index in [4.69, 9.17) is 9.88 Å². The molecule has 2 aromatic heterocycles. The van der Waals surface area contributed by atoms with Crippen molar-refractivity contribution in [2.24, 2.45) is 11.1 Å². The summed E-state index contributed by atoms with van der Waals surface area (Å²) in [5, 5.41) is 12.9. The Morgan fingerprint density at radius 3 is 2.76 bits per heavy atom. The van der Waals surface area contributed by atoms with Crippen molar-refractivity contribution in [3.8, 4) is 0 Å². The van der Waals surface area contributed by atoms with Crippen LogP contribution in [0.15, 0.2) is 47.6 Å². The average Bonchev–Trinajstić information content (AvgIpc) is 3.06. The molecule has 1 aliphatic rings. The van der Waals surface area contributed by atoms with Gasteiger partial charge >= 0.3 is 0 Å². The Labute approximate surface area is 167 Å². The summed E-state index contributed by atoms with van der Waals surface area (Å²) in [5.74, 6) is -0.00291. The number of sulfonamides is 1. The van der Waals surface area contributed by atoms with E-state index in [9.17, 15) is 13.2 Å². The van der Waals surface area contributed by atoms with Crippen LogP contribution in [0.4, 0.5) is 5.69 Å². The summed E-state index contributed by atoms with van der Waals surface area (Å²) in [4.78, 5) is 16.8. The fourth-order valence-corrected chi connectivity index (χ4v) is 3.96. The van der Waals surface area contributed by atoms with Crippen LogP contribution >= 0.6 is 0 Å². The van der Waals surface area contributed by atoms with Gasteiger partial charge in [0.1, 0.15) is 5.69 Å². The van der Waals surface area contributed by atoms with Gasteiger partial charge in [-0.15, -0.1) is 0 Å². The lowest BCUT2D eigenvalue weighted by atomic mass is 10.0. The summed E-state index contributed by atoms with van der Waals surface area (Å²) < 4.78 is 30.2. The van der Waals surface area contributed by atoms with Crippen molar-refractivity contribution >= 4 is 32.5 Å². The van der Waals surface area contributed by atoms with E-state index in [1.807, 2.05) is 24.3 Å². The molecule has 3 aromatic rings. The molecule has 1 saturated heterocycles. The lowest BCUT2D eigenvalue weighted by molar-refractivity contribution is 0.0598. The van der Waals surface area contributed by atoms with Gasteiger partial charge in [0.15, 0.2) is 5.03 Å². The molecule has 29 heavy (non-hydrogen) atoms. The summed E-state index contributed by atoms with van der Waals surface area (Å²) in [7, 11) is -3.97. The van der Waals surface area contributed by atoms with Crippen LogP contribution in [0.25, 0.3) is 10.9 Å². The van der Waals surface area contributed by atoms with E-state index in [1.54, 1.807) is 4.68 Å². The number of aromatic nitrogens is 3. The molecule has 1 fully saturated rings. The van der Waals surface area contributed by atoms with Gasteiger partial charge in [0.25, 0.3) is 15.9 Å². The highest BCUT2D eigenvalue weighted by Crippen LogP contribution is 2.24. The molecule has 0 aliphatic carbocycles. The highest BCUT2D eigenvalue weighted by molar-refractivity contribution is 7.89. The number of rotatable bonds is 5. The summed E-state index contributed by atoms with van der Waals surface area (Å²) in [6, 6.07) is 10.2. The Hall–Kier alpha value is -2.82. The van der Waals surface area contributed by atoms with Crippen LogP contribution in [0.3, 0.4) is 0 Å². The molecule has 4 rings (SSSR count). The number of carbonyl (C=O) groups is 1. The van der Waals surface area contributed by atoms with E-state index >= 15 is 0 Å². The molecule has 0 spiro atoms.